The Kier molecular flexibility index (Phi) is 9.23. The fourth-order valence-corrected chi connectivity index (χ4v) is 8.78. The maximum atomic E-state index is 6.76. The molecule has 0 aliphatic heterocycles. The zero-order valence-electron chi connectivity index (χ0n) is 32.3. The van der Waals surface area contributed by atoms with Gasteiger partial charge in [0, 0.05) is 16.3 Å². The highest BCUT2D eigenvalue weighted by Gasteiger charge is 2.29. The van der Waals surface area contributed by atoms with Crippen molar-refractivity contribution in [3.8, 4) is 11.1 Å². The molecule has 0 amide bonds. The van der Waals surface area contributed by atoms with Crippen LogP contribution >= 0.6 is 0 Å². The van der Waals surface area contributed by atoms with Crippen LogP contribution in [0.1, 0.15) is 55.4 Å². The highest BCUT2D eigenvalue weighted by atomic mass is 16.3. The lowest BCUT2D eigenvalue weighted by Gasteiger charge is -2.29. The van der Waals surface area contributed by atoms with Gasteiger partial charge in [-0.2, -0.15) is 0 Å². The topological polar surface area (TPSA) is 13.1 Å². The van der Waals surface area contributed by atoms with Gasteiger partial charge in [-0.05, 0) is 126 Å². The second-order valence-electron chi connectivity index (χ2n) is 15.9. The molecule has 2 aliphatic carbocycles. The Balaban J connectivity index is 1.30. The van der Waals surface area contributed by atoms with Crippen molar-refractivity contribution >= 4 is 51.8 Å². The monoisotopic (exact) mass is 722 g/mol. The van der Waals surface area contributed by atoms with Crippen LogP contribution in [-0.2, 0) is 11.8 Å². The van der Waals surface area contributed by atoms with E-state index in [1.165, 1.54) is 49.4 Å². The average Bonchev–Trinajstić information content (AvgIpc) is 3.61. The molecule has 0 fully saturated rings. The van der Waals surface area contributed by atoms with Crippen LogP contribution in [0.3, 0.4) is 0 Å². The van der Waals surface area contributed by atoms with Gasteiger partial charge in [-0.25, -0.2) is 0 Å². The molecule has 0 spiro atoms. The van der Waals surface area contributed by atoms with Crippen LogP contribution in [0.4, 0.5) is 0 Å². The van der Waals surface area contributed by atoms with Crippen LogP contribution in [0.2, 0.25) is 0 Å². The normalized spacial score (nSPS) is 19.7. The van der Waals surface area contributed by atoms with E-state index in [1.54, 1.807) is 0 Å². The molecule has 1 nitrogen and oxygen atoms in total. The fraction of sp³-hybridized carbons (Fsp3) is 0.127. The van der Waals surface area contributed by atoms with Crippen molar-refractivity contribution < 1.29 is 4.42 Å². The van der Waals surface area contributed by atoms with E-state index in [0.717, 1.165) is 74.8 Å². The smallest absolute Gasteiger partial charge is 0.142 e. The quantitative estimate of drug-likeness (QED) is 0.176. The van der Waals surface area contributed by atoms with Gasteiger partial charge in [0.2, 0.25) is 0 Å². The van der Waals surface area contributed by atoms with E-state index in [-0.39, 0.29) is 5.41 Å². The van der Waals surface area contributed by atoms with Crippen molar-refractivity contribution in [2.75, 3.05) is 0 Å². The summed E-state index contributed by atoms with van der Waals surface area (Å²) in [5.74, 6) is 0. The second-order valence-corrected chi connectivity index (χ2v) is 15.9. The van der Waals surface area contributed by atoms with Crippen molar-refractivity contribution in [2.45, 2.75) is 44.9 Å². The number of fused-ring (bicyclic) bond motifs is 7. The number of furan rings is 1. The zero-order chi connectivity index (χ0) is 38.2. The number of benzene rings is 6. The van der Waals surface area contributed by atoms with Gasteiger partial charge in [0.1, 0.15) is 11.2 Å². The first-order valence-corrected chi connectivity index (χ1v) is 19.8. The van der Waals surface area contributed by atoms with E-state index in [4.69, 9.17) is 11.0 Å². The summed E-state index contributed by atoms with van der Waals surface area (Å²) in [5.41, 5.74) is 13.9. The Morgan fingerprint density at radius 2 is 1.41 bits per heavy atom. The van der Waals surface area contributed by atoms with Crippen molar-refractivity contribution in [1.29, 1.82) is 0 Å². The predicted octanol–water partition coefficient (Wildman–Crippen LogP) is 11.3. The van der Waals surface area contributed by atoms with E-state index < -0.39 is 0 Å². The highest BCUT2D eigenvalue weighted by molar-refractivity contribution is 6.08. The standard InChI is InChI=1S/C55H46O/c1-37-32-41(39-18-8-7-9-19-39)29-28-40(37)33-38(2)45-21-10-5-6-11-22-46(48-24-14-13-23-47(45)48)44-35-51-42(34-43-20-12-16-26-52(43)55(3,4)36-44)30-31-50-49-25-15-17-27-53(49)56-54(50)51/h7-33,35H,1-2,5-6,34,36H2,3-4H3/b21-10+,22-11+,40-33-,44-35+,47-45+,48-46+. The van der Waals surface area contributed by atoms with Crippen LogP contribution in [0.5, 0.6) is 0 Å². The van der Waals surface area contributed by atoms with Crippen molar-refractivity contribution in [1.82, 2.24) is 0 Å². The van der Waals surface area contributed by atoms with E-state index in [9.17, 15) is 0 Å². The minimum absolute atomic E-state index is 0.136. The van der Waals surface area contributed by atoms with E-state index >= 15 is 0 Å². The van der Waals surface area contributed by atoms with Gasteiger partial charge in [-0.3, -0.25) is 0 Å². The third-order valence-electron chi connectivity index (χ3n) is 11.6. The molecule has 2 aliphatic rings. The minimum Gasteiger partial charge on any atom is -0.455 e. The largest absolute Gasteiger partial charge is 0.455 e. The molecular formula is C55H46O. The SMILES string of the molecule is C=C(/C=c1/ccc(-c2ccccc2)cc1=C)C1=c2/cccc/c2=C(\C2=C\c3c(ccc4c3oc3ccccc34)Cc3ccccc3C(C)(C)C2)/C=C/CC/C=C/1. The van der Waals surface area contributed by atoms with Crippen LogP contribution in [0.15, 0.2) is 180 Å². The molecule has 0 radical (unpaired) electrons. The van der Waals surface area contributed by atoms with Crippen LogP contribution in [0, 0.1) is 0 Å². The summed E-state index contributed by atoms with van der Waals surface area (Å²) >= 11 is 0. The molecule has 0 saturated carbocycles. The molecule has 0 saturated heterocycles. The van der Waals surface area contributed by atoms with Crippen LogP contribution < -0.4 is 20.9 Å². The Hall–Kier alpha value is -6.44. The molecule has 6 aromatic carbocycles. The summed E-state index contributed by atoms with van der Waals surface area (Å²) in [5, 5.41) is 6.72. The van der Waals surface area contributed by atoms with Crippen LogP contribution in [-0.4, -0.2) is 0 Å². The second kappa shape index (κ2) is 14.7. The predicted molar refractivity (Wildman–Crippen MR) is 239 cm³/mol. The molecule has 0 unspecified atom stereocenters. The molecule has 0 atom stereocenters. The van der Waals surface area contributed by atoms with Crippen molar-refractivity contribution in [3.63, 3.8) is 0 Å². The first kappa shape index (κ1) is 35.3. The summed E-state index contributed by atoms with van der Waals surface area (Å²) in [6.07, 6.45) is 17.5. The number of rotatable bonds is 4. The number of allylic oxidation sites excluding steroid dienone is 6. The Bertz CT molecular complexity index is 3020. The van der Waals surface area contributed by atoms with Gasteiger partial charge in [-0.15, -0.1) is 0 Å². The average molecular weight is 723 g/mol. The maximum Gasteiger partial charge on any atom is 0.142 e. The number of para-hydroxylation sites is 1. The molecule has 1 heterocycles. The van der Waals surface area contributed by atoms with Gasteiger partial charge in [0.25, 0.3) is 0 Å². The Morgan fingerprint density at radius 3 is 2.25 bits per heavy atom. The molecule has 0 N–H and O–H groups in total. The van der Waals surface area contributed by atoms with Crippen LogP contribution in [0.25, 0.3) is 62.9 Å². The fourth-order valence-electron chi connectivity index (χ4n) is 8.78. The van der Waals surface area contributed by atoms with E-state index in [2.05, 4.69) is 190 Å². The summed E-state index contributed by atoms with van der Waals surface area (Å²) in [6, 6.07) is 47.9. The van der Waals surface area contributed by atoms with Gasteiger partial charge in [0.15, 0.2) is 0 Å². The Morgan fingerprint density at radius 1 is 0.679 bits per heavy atom. The minimum atomic E-state index is -0.136. The summed E-state index contributed by atoms with van der Waals surface area (Å²) < 4.78 is 6.76. The lowest BCUT2D eigenvalue weighted by molar-refractivity contribution is 0.523. The number of hydrogen-bond donors (Lipinski definition) is 0. The summed E-state index contributed by atoms with van der Waals surface area (Å²) in [4.78, 5) is 0. The molecule has 9 rings (SSSR count). The van der Waals surface area contributed by atoms with Gasteiger partial charge < -0.3 is 4.42 Å². The van der Waals surface area contributed by atoms with Gasteiger partial charge in [0.05, 0.1) is 0 Å². The first-order chi connectivity index (χ1) is 27.3. The highest BCUT2D eigenvalue weighted by Crippen LogP contribution is 2.42. The molecule has 1 aromatic heterocycles. The van der Waals surface area contributed by atoms with Gasteiger partial charge in [-0.1, -0.05) is 173 Å². The van der Waals surface area contributed by atoms with Gasteiger partial charge >= 0.3 is 0 Å². The molecular weight excluding hydrogens is 677 g/mol. The van der Waals surface area contributed by atoms with E-state index in [0.29, 0.717) is 0 Å². The molecule has 56 heavy (non-hydrogen) atoms. The lowest BCUT2D eigenvalue weighted by Crippen LogP contribution is -2.30. The zero-order valence-corrected chi connectivity index (χ0v) is 32.3. The third kappa shape index (κ3) is 6.65. The summed E-state index contributed by atoms with van der Waals surface area (Å²) in [7, 11) is 0. The van der Waals surface area contributed by atoms with Crippen molar-refractivity contribution in [2.24, 2.45) is 0 Å². The molecule has 7 aromatic rings. The molecule has 0 bridgehead atoms. The molecule has 1 heteroatoms. The molecule has 272 valence electrons. The van der Waals surface area contributed by atoms with E-state index in [1.807, 2.05) is 0 Å². The third-order valence-corrected chi connectivity index (χ3v) is 11.6. The maximum absolute atomic E-state index is 6.76. The number of hydrogen-bond acceptors (Lipinski definition) is 1. The first-order valence-electron chi connectivity index (χ1n) is 19.8. The summed E-state index contributed by atoms with van der Waals surface area (Å²) in [6.45, 7) is 14.0. The van der Waals surface area contributed by atoms with Crippen molar-refractivity contribution in [3.05, 3.63) is 219 Å². The Labute approximate surface area is 329 Å². The lowest BCUT2D eigenvalue weighted by atomic mass is 9.75.